The Labute approximate surface area is 148 Å². The molecule has 0 unspecified atom stereocenters. The second kappa shape index (κ2) is 8.50. The van der Waals surface area contributed by atoms with E-state index in [9.17, 15) is 9.18 Å². The largest absolute Gasteiger partial charge is 0.382 e. The summed E-state index contributed by atoms with van der Waals surface area (Å²) < 4.78 is 14.6. The summed E-state index contributed by atoms with van der Waals surface area (Å²) in [6.07, 6.45) is 0. The van der Waals surface area contributed by atoms with Gasteiger partial charge >= 0.3 is 0 Å². The van der Waals surface area contributed by atoms with Crippen molar-refractivity contribution in [1.82, 2.24) is 14.7 Å². The fraction of sp³-hybridized carbons (Fsp3) is 0.444. The van der Waals surface area contributed by atoms with Gasteiger partial charge in [0.2, 0.25) is 5.91 Å². The van der Waals surface area contributed by atoms with Crippen LogP contribution in [0.1, 0.15) is 19.5 Å². The zero-order chi connectivity index (χ0) is 18.4. The van der Waals surface area contributed by atoms with Crippen molar-refractivity contribution in [2.75, 3.05) is 36.8 Å². The number of hydrogen-bond donors (Lipinski definition) is 1. The van der Waals surface area contributed by atoms with E-state index < -0.39 is 0 Å². The highest BCUT2D eigenvalue weighted by Crippen LogP contribution is 2.17. The van der Waals surface area contributed by atoms with Crippen LogP contribution in [0.5, 0.6) is 0 Å². The van der Waals surface area contributed by atoms with Crippen LogP contribution in [0.4, 0.5) is 15.9 Å². The van der Waals surface area contributed by atoms with Crippen molar-refractivity contribution in [3.8, 4) is 0 Å². The Hall–Kier alpha value is -2.57. The van der Waals surface area contributed by atoms with Crippen molar-refractivity contribution in [2.24, 2.45) is 0 Å². The van der Waals surface area contributed by atoms with E-state index in [1.54, 1.807) is 22.9 Å². The molecule has 0 saturated carbocycles. The van der Waals surface area contributed by atoms with Crippen molar-refractivity contribution in [1.29, 1.82) is 0 Å². The van der Waals surface area contributed by atoms with Crippen LogP contribution in [0.2, 0.25) is 0 Å². The molecule has 1 aromatic heterocycles. The van der Waals surface area contributed by atoms with E-state index in [4.69, 9.17) is 5.73 Å². The van der Waals surface area contributed by atoms with E-state index in [1.807, 2.05) is 25.7 Å². The summed E-state index contributed by atoms with van der Waals surface area (Å²) in [5, 5.41) is 4.12. The van der Waals surface area contributed by atoms with Crippen molar-refractivity contribution in [3.05, 3.63) is 41.8 Å². The molecule has 136 valence electrons. The number of aromatic nitrogens is 2. The minimum Gasteiger partial charge on any atom is -0.382 e. The highest BCUT2D eigenvalue weighted by Gasteiger charge is 2.22. The molecule has 0 aliphatic carbocycles. The van der Waals surface area contributed by atoms with Gasteiger partial charge in [-0.1, -0.05) is 13.8 Å². The number of nitrogens with zero attached hydrogens (tertiary/aromatic N) is 4. The maximum absolute atomic E-state index is 13.0. The maximum Gasteiger partial charge on any atom is 0.244 e. The molecule has 3 rings (SSSR count). The van der Waals surface area contributed by atoms with Gasteiger partial charge in [0.15, 0.2) is 0 Å². The van der Waals surface area contributed by atoms with Gasteiger partial charge in [-0.3, -0.25) is 9.48 Å². The van der Waals surface area contributed by atoms with Crippen LogP contribution in [-0.4, -0.2) is 46.8 Å². The summed E-state index contributed by atoms with van der Waals surface area (Å²) in [5.74, 6) is 0.225. The molecule has 0 radical (unpaired) electrons. The van der Waals surface area contributed by atoms with Crippen LogP contribution in [-0.2, 0) is 11.3 Å². The number of amides is 1. The number of rotatable bonds is 3. The number of nitrogens with two attached hydrogens (primary N) is 1. The van der Waals surface area contributed by atoms with Gasteiger partial charge in [0.05, 0.1) is 0 Å². The number of halogens is 1. The van der Waals surface area contributed by atoms with Gasteiger partial charge < -0.3 is 15.5 Å². The second-order valence-corrected chi connectivity index (χ2v) is 5.71. The van der Waals surface area contributed by atoms with Crippen molar-refractivity contribution >= 4 is 17.4 Å². The molecule has 1 aliphatic heterocycles. The quantitative estimate of drug-likeness (QED) is 0.925. The van der Waals surface area contributed by atoms with Gasteiger partial charge in [0.1, 0.15) is 18.2 Å². The summed E-state index contributed by atoms with van der Waals surface area (Å²) >= 11 is 0. The van der Waals surface area contributed by atoms with E-state index in [-0.39, 0.29) is 18.3 Å². The standard InChI is InChI=1S/C16H20FN5O.C2H6/c1-12-10-15(18)19-22(12)11-16(23)21-8-6-20(7-9-21)14-4-2-13(17)3-5-14;1-2/h2-5,10H,6-9,11H2,1H3,(H2,18,19);1-2H3. The molecule has 0 spiro atoms. The lowest BCUT2D eigenvalue weighted by atomic mass is 10.2. The Morgan fingerprint density at radius 2 is 1.76 bits per heavy atom. The Kier molecular flexibility index (Phi) is 6.38. The van der Waals surface area contributed by atoms with E-state index in [0.717, 1.165) is 24.5 Å². The van der Waals surface area contributed by atoms with Gasteiger partial charge in [-0.25, -0.2) is 4.39 Å². The fourth-order valence-corrected chi connectivity index (χ4v) is 2.79. The Balaban J connectivity index is 0.00000109. The third-order valence-corrected chi connectivity index (χ3v) is 4.11. The summed E-state index contributed by atoms with van der Waals surface area (Å²) in [7, 11) is 0. The molecule has 1 amide bonds. The van der Waals surface area contributed by atoms with Crippen LogP contribution < -0.4 is 10.6 Å². The van der Waals surface area contributed by atoms with E-state index in [2.05, 4.69) is 10.00 Å². The lowest BCUT2D eigenvalue weighted by Gasteiger charge is -2.36. The minimum absolute atomic E-state index is 0.0370. The third-order valence-electron chi connectivity index (χ3n) is 4.11. The number of carbonyl (C=O) groups is 1. The molecule has 6 nitrogen and oxygen atoms in total. The number of nitrogen functional groups attached to an aromatic ring is 1. The molecule has 1 aliphatic rings. The Morgan fingerprint density at radius 3 is 2.28 bits per heavy atom. The average molecular weight is 347 g/mol. The molecule has 2 aromatic rings. The molecule has 25 heavy (non-hydrogen) atoms. The highest BCUT2D eigenvalue weighted by atomic mass is 19.1. The first-order valence-electron chi connectivity index (χ1n) is 8.61. The number of piperazine rings is 1. The molecule has 1 aromatic carbocycles. The fourth-order valence-electron chi connectivity index (χ4n) is 2.79. The van der Waals surface area contributed by atoms with E-state index >= 15 is 0 Å². The van der Waals surface area contributed by atoms with Crippen LogP contribution in [0.25, 0.3) is 0 Å². The van der Waals surface area contributed by atoms with Crippen molar-refractivity contribution in [3.63, 3.8) is 0 Å². The number of carbonyl (C=O) groups excluding carboxylic acids is 1. The molecule has 2 heterocycles. The summed E-state index contributed by atoms with van der Waals surface area (Å²) in [5.41, 5.74) is 7.49. The Morgan fingerprint density at radius 1 is 1.16 bits per heavy atom. The predicted octanol–water partition coefficient (Wildman–Crippen LogP) is 2.29. The summed E-state index contributed by atoms with van der Waals surface area (Å²) in [4.78, 5) is 16.4. The summed E-state index contributed by atoms with van der Waals surface area (Å²) in [6, 6.07) is 8.20. The van der Waals surface area contributed by atoms with Gasteiger partial charge in [0, 0.05) is 43.6 Å². The topological polar surface area (TPSA) is 67.4 Å². The predicted molar refractivity (Wildman–Crippen MR) is 97.9 cm³/mol. The third kappa shape index (κ3) is 4.71. The number of benzene rings is 1. The Bertz CT molecular complexity index is 690. The van der Waals surface area contributed by atoms with Crippen LogP contribution in [0.3, 0.4) is 0 Å². The normalized spacial score (nSPS) is 14.1. The first kappa shape index (κ1) is 18.8. The number of anilines is 2. The van der Waals surface area contributed by atoms with Gasteiger partial charge in [0.25, 0.3) is 0 Å². The minimum atomic E-state index is -0.239. The first-order valence-corrected chi connectivity index (χ1v) is 8.61. The highest BCUT2D eigenvalue weighted by molar-refractivity contribution is 5.76. The van der Waals surface area contributed by atoms with Gasteiger partial charge in [-0.2, -0.15) is 5.10 Å². The number of aryl methyl sites for hydroxylation is 1. The lowest BCUT2D eigenvalue weighted by molar-refractivity contribution is -0.132. The van der Waals surface area contributed by atoms with Gasteiger partial charge in [-0.05, 0) is 31.2 Å². The SMILES string of the molecule is CC.Cc1cc(N)nn1CC(=O)N1CCN(c2ccc(F)cc2)CC1. The van der Waals surface area contributed by atoms with Crippen molar-refractivity contribution < 1.29 is 9.18 Å². The summed E-state index contributed by atoms with van der Waals surface area (Å²) in [6.45, 7) is 8.84. The lowest BCUT2D eigenvalue weighted by Crippen LogP contribution is -2.49. The van der Waals surface area contributed by atoms with E-state index in [1.165, 1.54) is 12.1 Å². The molecular formula is C18H26FN5O. The molecule has 2 N–H and O–H groups in total. The smallest absolute Gasteiger partial charge is 0.244 e. The van der Waals surface area contributed by atoms with E-state index in [0.29, 0.717) is 18.9 Å². The maximum atomic E-state index is 13.0. The molecule has 0 bridgehead atoms. The monoisotopic (exact) mass is 347 g/mol. The number of hydrogen-bond acceptors (Lipinski definition) is 4. The molecule has 7 heteroatoms. The zero-order valence-electron chi connectivity index (χ0n) is 15.1. The van der Waals surface area contributed by atoms with Crippen molar-refractivity contribution in [2.45, 2.75) is 27.3 Å². The first-order chi connectivity index (χ1) is 12.0. The average Bonchev–Trinajstić information content (AvgIpc) is 2.94. The van der Waals surface area contributed by atoms with Crippen LogP contribution >= 0.6 is 0 Å². The van der Waals surface area contributed by atoms with Crippen LogP contribution in [0.15, 0.2) is 30.3 Å². The van der Waals surface area contributed by atoms with Crippen LogP contribution in [0, 0.1) is 12.7 Å². The van der Waals surface area contributed by atoms with Gasteiger partial charge in [-0.15, -0.1) is 0 Å². The molecular weight excluding hydrogens is 321 g/mol. The molecule has 1 fully saturated rings. The molecule has 0 atom stereocenters. The second-order valence-electron chi connectivity index (χ2n) is 5.71. The molecule has 1 saturated heterocycles. The zero-order valence-corrected chi connectivity index (χ0v) is 15.1.